The summed E-state index contributed by atoms with van der Waals surface area (Å²) in [4.78, 5) is 1.14. The number of ether oxygens (including phenoxy) is 2. The summed E-state index contributed by atoms with van der Waals surface area (Å²) in [6, 6.07) is 10.0. The molecule has 0 saturated carbocycles. The van der Waals surface area contributed by atoms with Crippen LogP contribution in [0.15, 0.2) is 35.2 Å². The van der Waals surface area contributed by atoms with Gasteiger partial charge in [-0.3, -0.25) is 0 Å². The van der Waals surface area contributed by atoms with E-state index in [-0.39, 0.29) is 5.62 Å². The van der Waals surface area contributed by atoms with Gasteiger partial charge in [-0.1, -0.05) is 43.8 Å². The topological polar surface area (TPSA) is 18.5 Å². The van der Waals surface area contributed by atoms with Crippen LogP contribution >= 0.6 is 11.8 Å². The molecule has 0 unspecified atom stereocenters. The van der Waals surface area contributed by atoms with Crippen LogP contribution in [0.25, 0.3) is 0 Å². The average Bonchev–Trinajstić information content (AvgIpc) is 2.30. The Kier molecular flexibility index (Phi) is 8.73. The molecular weight excluding hydrogens is 196 g/mol. The molecule has 2 nitrogen and oxygen atoms in total. The minimum atomic E-state index is -0.215. The fourth-order valence-electron chi connectivity index (χ4n) is 0.803. The van der Waals surface area contributed by atoms with Crippen molar-refractivity contribution in [3.63, 3.8) is 0 Å². The number of benzene rings is 1. The highest BCUT2D eigenvalue weighted by atomic mass is 32.2. The Bertz CT molecular complexity index is 210. The van der Waals surface area contributed by atoms with Crippen LogP contribution < -0.4 is 0 Å². The third kappa shape index (κ3) is 5.27. The number of methoxy groups -OCH3 is 2. The van der Waals surface area contributed by atoms with Crippen LogP contribution in [0.1, 0.15) is 13.8 Å². The van der Waals surface area contributed by atoms with Crippen molar-refractivity contribution in [1.82, 2.24) is 0 Å². The molecule has 0 bridgehead atoms. The SMILES string of the molecule is CC.COC(OC)Sc1ccccc1. The molecule has 0 aliphatic heterocycles. The van der Waals surface area contributed by atoms with Crippen LogP contribution in [0.3, 0.4) is 0 Å². The second kappa shape index (κ2) is 9.06. The van der Waals surface area contributed by atoms with E-state index in [1.54, 1.807) is 26.0 Å². The van der Waals surface area contributed by atoms with Crippen LogP contribution in [-0.4, -0.2) is 19.8 Å². The van der Waals surface area contributed by atoms with Crippen molar-refractivity contribution in [2.75, 3.05) is 14.2 Å². The monoisotopic (exact) mass is 214 g/mol. The van der Waals surface area contributed by atoms with Gasteiger partial charge >= 0.3 is 0 Å². The van der Waals surface area contributed by atoms with Crippen molar-refractivity contribution in [2.24, 2.45) is 0 Å². The molecule has 1 aromatic rings. The van der Waals surface area contributed by atoms with Crippen LogP contribution in [-0.2, 0) is 9.47 Å². The van der Waals surface area contributed by atoms with Crippen LogP contribution in [0.4, 0.5) is 0 Å². The molecule has 0 aliphatic rings. The molecule has 0 aromatic heterocycles. The highest BCUT2D eigenvalue weighted by Crippen LogP contribution is 2.23. The van der Waals surface area contributed by atoms with Crippen LogP contribution in [0.5, 0.6) is 0 Å². The van der Waals surface area contributed by atoms with E-state index in [0.29, 0.717) is 0 Å². The summed E-state index contributed by atoms with van der Waals surface area (Å²) in [5.41, 5.74) is -0.215. The fraction of sp³-hybridized carbons (Fsp3) is 0.455. The van der Waals surface area contributed by atoms with E-state index in [4.69, 9.17) is 9.47 Å². The highest BCUT2D eigenvalue weighted by Gasteiger charge is 2.05. The van der Waals surface area contributed by atoms with E-state index in [1.165, 1.54) is 0 Å². The molecule has 0 heterocycles. The number of hydrogen-bond acceptors (Lipinski definition) is 3. The first-order chi connectivity index (χ1) is 6.86. The molecule has 0 fully saturated rings. The van der Waals surface area contributed by atoms with Gasteiger partial charge in [-0.2, -0.15) is 0 Å². The minimum Gasteiger partial charge on any atom is -0.347 e. The summed E-state index contributed by atoms with van der Waals surface area (Å²) in [7, 11) is 3.26. The van der Waals surface area contributed by atoms with Crippen molar-refractivity contribution >= 4 is 11.8 Å². The van der Waals surface area contributed by atoms with Crippen molar-refractivity contribution in [2.45, 2.75) is 24.4 Å². The first-order valence-electron chi connectivity index (χ1n) is 4.64. The third-order valence-electron chi connectivity index (χ3n) is 1.36. The lowest BCUT2D eigenvalue weighted by Gasteiger charge is -2.11. The lowest BCUT2D eigenvalue weighted by molar-refractivity contribution is -0.0343. The lowest BCUT2D eigenvalue weighted by Crippen LogP contribution is -2.06. The molecule has 0 radical (unpaired) electrons. The Balaban J connectivity index is 0.000000791. The standard InChI is InChI=1S/C9H12O2S.C2H6/c1-10-9(11-2)12-8-6-4-3-5-7-8;1-2/h3-7,9H,1-2H3;1-2H3. The van der Waals surface area contributed by atoms with Crippen molar-refractivity contribution in [3.05, 3.63) is 30.3 Å². The van der Waals surface area contributed by atoms with Crippen molar-refractivity contribution < 1.29 is 9.47 Å². The zero-order chi connectivity index (χ0) is 10.8. The smallest absolute Gasteiger partial charge is 0.210 e. The summed E-state index contributed by atoms with van der Waals surface area (Å²) >= 11 is 1.54. The molecule has 80 valence electrons. The molecule has 0 N–H and O–H groups in total. The average molecular weight is 214 g/mol. The first kappa shape index (κ1) is 13.5. The number of thioether (sulfide) groups is 1. The first-order valence-corrected chi connectivity index (χ1v) is 5.52. The Morgan fingerprint density at radius 3 is 1.93 bits per heavy atom. The van der Waals surface area contributed by atoms with Gasteiger partial charge in [0, 0.05) is 19.1 Å². The summed E-state index contributed by atoms with van der Waals surface area (Å²) < 4.78 is 10.1. The molecule has 1 rings (SSSR count). The Morgan fingerprint density at radius 2 is 1.50 bits per heavy atom. The molecule has 0 spiro atoms. The van der Waals surface area contributed by atoms with Gasteiger partial charge in [-0.25, -0.2) is 0 Å². The van der Waals surface area contributed by atoms with E-state index in [0.717, 1.165) is 4.90 Å². The van der Waals surface area contributed by atoms with Gasteiger partial charge in [0.1, 0.15) is 0 Å². The van der Waals surface area contributed by atoms with Crippen molar-refractivity contribution in [3.8, 4) is 0 Å². The maximum absolute atomic E-state index is 5.04. The van der Waals surface area contributed by atoms with E-state index >= 15 is 0 Å². The van der Waals surface area contributed by atoms with Gasteiger partial charge in [0.15, 0.2) is 0 Å². The second-order valence-corrected chi connectivity index (χ2v) is 3.28. The highest BCUT2D eigenvalue weighted by molar-refractivity contribution is 7.99. The van der Waals surface area contributed by atoms with Gasteiger partial charge in [-0.15, -0.1) is 0 Å². The fourth-order valence-corrected chi connectivity index (χ4v) is 1.53. The van der Waals surface area contributed by atoms with Crippen LogP contribution in [0.2, 0.25) is 0 Å². The summed E-state index contributed by atoms with van der Waals surface area (Å²) in [6.07, 6.45) is 0. The predicted molar refractivity (Wildman–Crippen MR) is 61.5 cm³/mol. The van der Waals surface area contributed by atoms with Gasteiger partial charge in [0.05, 0.1) is 0 Å². The molecular formula is C11H18O2S. The molecule has 14 heavy (non-hydrogen) atoms. The molecule has 3 heteroatoms. The second-order valence-electron chi connectivity index (χ2n) is 2.19. The number of hydrogen-bond donors (Lipinski definition) is 0. The van der Waals surface area contributed by atoms with Crippen molar-refractivity contribution in [1.29, 1.82) is 0 Å². The molecule has 0 atom stereocenters. The van der Waals surface area contributed by atoms with E-state index < -0.39 is 0 Å². The summed E-state index contributed by atoms with van der Waals surface area (Å²) in [6.45, 7) is 4.00. The predicted octanol–water partition coefficient (Wildman–Crippen LogP) is 3.38. The van der Waals surface area contributed by atoms with Gasteiger partial charge in [0.2, 0.25) is 5.62 Å². The van der Waals surface area contributed by atoms with E-state index in [2.05, 4.69) is 0 Å². The number of rotatable bonds is 4. The minimum absolute atomic E-state index is 0.215. The third-order valence-corrected chi connectivity index (χ3v) is 2.48. The van der Waals surface area contributed by atoms with Gasteiger partial charge < -0.3 is 9.47 Å². The Morgan fingerprint density at radius 1 is 1.00 bits per heavy atom. The van der Waals surface area contributed by atoms with E-state index in [9.17, 15) is 0 Å². The quantitative estimate of drug-likeness (QED) is 0.565. The zero-order valence-electron chi connectivity index (χ0n) is 9.19. The largest absolute Gasteiger partial charge is 0.347 e. The van der Waals surface area contributed by atoms with Crippen LogP contribution in [0, 0.1) is 0 Å². The molecule has 0 saturated heterocycles. The lowest BCUT2D eigenvalue weighted by atomic mass is 10.4. The Labute approximate surface area is 90.6 Å². The van der Waals surface area contributed by atoms with Gasteiger partial charge in [0.25, 0.3) is 0 Å². The maximum atomic E-state index is 5.04. The zero-order valence-corrected chi connectivity index (χ0v) is 10.0. The van der Waals surface area contributed by atoms with E-state index in [1.807, 2.05) is 44.2 Å². The Hall–Kier alpha value is -0.510. The summed E-state index contributed by atoms with van der Waals surface area (Å²) in [5, 5.41) is 0. The normalized spacial score (nSPS) is 9.50. The van der Waals surface area contributed by atoms with Gasteiger partial charge in [-0.05, 0) is 12.1 Å². The molecule has 0 aliphatic carbocycles. The molecule has 1 aromatic carbocycles. The summed E-state index contributed by atoms with van der Waals surface area (Å²) in [5.74, 6) is 0. The molecule has 0 amide bonds. The maximum Gasteiger partial charge on any atom is 0.210 e.